The third-order valence-corrected chi connectivity index (χ3v) is 7.10. The lowest BCUT2D eigenvalue weighted by molar-refractivity contribution is 0.149. The number of aromatic amines is 1. The summed E-state index contributed by atoms with van der Waals surface area (Å²) in [7, 11) is 1.66. The molecule has 3 heterocycles. The van der Waals surface area contributed by atoms with E-state index in [1.807, 2.05) is 41.9 Å². The summed E-state index contributed by atoms with van der Waals surface area (Å²) in [5, 5.41) is 13.8. The van der Waals surface area contributed by atoms with E-state index in [4.69, 9.17) is 4.74 Å². The van der Waals surface area contributed by atoms with Crippen LogP contribution in [0.15, 0.2) is 47.3 Å². The number of rotatable bonds is 6. The van der Waals surface area contributed by atoms with Gasteiger partial charge in [0.05, 0.1) is 19.2 Å². The molecule has 0 aliphatic carbocycles. The lowest BCUT2D eigenvalue weighted by atomic mass is 9.95. The van der Waals surface area contributed by atoms with Crippen molar-refractivity contribution in [2.75, 3.05) is 20.2 Å². The van der Waals surface area contributed by atoms with Crippen LogP contribution in [0.2, 0.25) is 0 Å². The number of tetrazole rings is 1. The van der Waals surface area contributed by atoms with Crippen molar-refractivity contribution in [3.8, 4) is 5.75 Å². The van der Waals surface area contributed by atoms with Gasteiger partial charge in [0.15, 0.2) is 5.82 Å². The first-order chi connectivity index (χ1) is 16.9. The molecule has 0 bridgehead atoms. The van der Waals surface area contributed by atoms with Gasteiger partial charge in [0.2, 0.25) is 0 Å². The summed E-state index contributed by atoms with van der Waals surface area (Å²) in [6, 6.07) is 13.8. The molecule has 182 valence electrons. The van der Waals surface area contributed by atoms with Crippen molar-refractivity contribution in [3.05, 3.63) is 80.9 Å². The van der Waals surface area contributed by atoms with Gasteiger partial charge >= 0.3 is 0 Å². The highest BCUT2D eigenvalue weighted by atomic mass is 16.5. The van der Waals surface area contributed by atoms with Gasteiger partial charge in [-0.1, -0.05) is 30.7 Å². The van der Waals surface area contributed by atoms with Crippen LogP contribution in [-0.2, 0) is 6.54 Å². The summed E-state index contributed by atoms with van der Waals surface area (Å²) in [6.45, 7) is 8.70. The average molecular weight is 473 g/mol. The van der Waals surface area contributed by atoms with E-state index in [1.54, 1.807) is 7.11 Å². The highest BCUT2D eigenvalue weighted by Crippen LogP contribution is 2.31. The number of nitrogens with one attached hydrogen (secondary N) is 1. The highest BCUT2D eigenvalue weighted by Gasteiger charge is 2.32. The Morgan fingerprint density at radius 1 is 1.11 bits per heavy atom. The monoisotopic (exact) mass is 472 g/mol. The van der Waals surface area contributed by atoms with Crippen LogP contribution in [0.5, 0.6) is 5.75 Å². The summed E-state index contributed by atoms with van der Waals surface area (Å²) < 4.78 is 7.10. The molecule has 2 aromatic carbocycles. The first-order valence-electron chi connectivity index (χ1n) is 12.2. The van der Waals surface area contributed by atoms with Crippen molar-refractivity contribution in [1.82, 2.24) is 30.1 Å². The van der Waals surface area contributed by atoms with Crippen LogP contribution >= 0.6 is 0 Å². The van der Waals surface area contributed by atoms with Gasteiger partial charge in [-0.05, 0) is 96.9 Å². The third-order valence-electron chi connectivity index (χ3n) is 7.10. The molecule has 0 radical (unpaired) electrons. The van der Waals surface area contributed by atoms with E-state index in [9.17, 15) is 4.79 Å². The van der Waals surface area contributed by atoms with Gasteiger partial charge in [-0.15, -0.1) is 5.10 Å². The minimum Gasteiger partial charge on any atom is -0.497 e. The first kappa shape index (κ1) is 23.2. The number of pyridine rings is 1. The van der Waals surface area contributed by atoms with Crippen LogP contribution in [0.3, 0.4) is 0 Å². The molecule has 1 fully saturated rings. The molecule has 35 heavy (non-hydrogen) atoms. The van der Waals surface area contributed by atoms with Gasteiger partial charge in [0.25, 0.3) is 5.56 Å². The molecule has 1 unspecified atom stereocenters. The summed E-state index contributed by atoms with van der Waals surface area (Å²) in [4.78, 5) is 19.0. The number of nitrogens with zero attached hydrogens (tertiary/aromatic N) is 5. The standard InChI is InChI=1S/C27H32N6O2/c1-17-9-11-32(12-10-17)25(23-15-21-14-18(2)13-19(3)24(21)28-27(23)34)26-29-30-31-33(26)16-20-5-7-22(35-4)8-6-20/h5-8,13-15,17,25H,9-12,16H2,1-4H3,(H,28,34). The molecule has 1 aliphatic heterocycles. The second-order valence-electron chi connectivity index (χ2n) is 9.76. The van der Waals surface area contributed by atoms with E-state index >= 15 is 0 Å². The average Bonchev–Trinajstić information content (AvgIpc) is 3.29. The molecule has 0 amide bonds. The van der Waals surface area contributed by atoms with E-state index in [0.717, 1.165) is 53.7 Å². The maximum atomic E-state index is 13.5. The molecule has 0 spiro atoms. The number of aryl methyl sites for hydroxylation is 2. The predicted octanol–water partition coefficient (Wildman–Crippen LogP) is 4.01. The number of hydrogen-bond donors (Lipinski definition) is 1. The first-order valence-corrected chi connectivity index (χ1v) is 12.2. The highest BCUT2D eigenvalue weighted by molar-refractivity contribution is 5.83. The predicted molar refractivity (Wildman–Crippen MR) is 136 cm³/mol. The number of hydrogen-bond acceptors (Lipinski definition) is 6. The molecule has 1 atom stereocenters. The molecule has 4 aromatic rings. The fraction of sp³-hybridized carbons (Fsp3) is 0.407. The number of H-pyrrole nitrogens is 1. The lowest BCUT2D eigenvalue weighted by Crippen LogP contribution is -2.40. The largest absolute Gasteiger partial charge is 0.497 e. The Balaban J connectivity index is 1.60. The Bertz CT molecular complexity index is 1380. The van der Waals surface area contributed by atoms with Gasteiger partial charge in [0.1, 0.15) is 11.8 Å². The lowest BCUT2D eigenvalue weighted by Gasteiger charge is -2.36. The number of aromatic nitrogens is 5. The zero-order chi connectivity index (χ0) is 24.5. The minimum atomic E-state index is -0.329. The molecule has 0 saturated carbocycles. The van der Waals surface area contributed by atoms with Crippen molar-refractivity contribution >= 4 is 10.9 Å². The van der Waals surface area contributed by atoms with Crippen LogP contribution in [0.25, 0.3) is 10.9 Å². The molecule has 1 saturated heterocycles. The molecule has 8 nitrogen and oxygen atoms in total. The summed E-state index contributed by atoms with van der Waals surface area (Å²) in [5.41, 5.74) is 4.77. The molecule has 1 aliphatic rings. The van der Waals surface area contributed by atoms with Crippen molar-refractivity contribution < 1.29 is 4.74 Å². The topological polar surface area (TPSA) is 88.9 Å². The maximum absolute atomic E-state index is 13.5. The molecule has 1 N–H and O–H groups in total. The van der Waals surface area contributed by atoms with E-state index < -0.39 is 0 Å². The third kappa shape index (κ3) is 4.71. The zero-order valence-electron chi connectivity index (χ0n) is 20.8. The van der Waals surface area contributed by atoms with Gasteiger partial charge in [-0.2, -0.15) is 0 Å². The van der Waals surface area contributed by atoms with Crippen LogP contribution < -0.4 is 10.3 Å². The fourth-order valence-electron chi connectivity index (χ4n) is 5.12. The van der Waals surface area contributed by atoms with Crippen LogP contribution in [0, 0.1) is 19.8 Å². The van der Waals surface area contributed by atoms with Gasteiger partial charge in [0, 0.05) is 5.56 Å². The van der Waals surface area contributed by atoms with E-state index in [2.05, 4.69) is 51.4 Å². The Morgan fingerprint density at radius 2 is 1.86 bits per heavy atom. The zero-order valence-corrected chi connectivity index (χ0v) is 20.8. The number of benzene rings is 2. The fourth-order valence-corrected chi connectivity index (χ4v) is 5.12. The number of methoxy groups -OCH3 is 1. The number of piperidine rings is 1. The van der Waals surface area contributed by atoms with Crippen molar-refractivity contribution in [2.45, 2.75) is 46.2 Å². The molecular weight excluding hydrogens is 440 g/mol. The molecule has 5 rings (SSSR count). The van der Waals surface area contributed by atoms with E-state index in [-0.39, 0.29) is 11.6 Å². The Hall–Kier alpha value is -3.52. The van der Waals surface area contributed by atoms with E-state index in [1.165, 1.54) is 5.56 Å². The normalized spacial score (nSPS) is 16.0. The number of ether oxygens (including phenoxy) is 1. The Labute approximate surface area is 204 Å². The number of fused-ring (bicyclic) bond motifs is 1. The van der Waals surface area contributed by atoms with Crippen molar-refractivity contribution in [3.63, 3.8) is 0 Å². The van der Waals surface area contributed by atoms with Crippen LogP contribution in [0.4, 0.5) is 0 Å². The van der Waals surface area contributed by atoms with Gasteiger partial charge in [-0.25, -0.2) is 4.68 Å². The molecule has 8 heteroatoms. The van der Waals surface area contributed by atoms with Crippen LogP contribution in [-0.4, -0.2) is 50.3 Å². The quantitative estimate of drug-likeness (QED) is 0.456. The van der Waals surface area contributed by atoms with Gasteiger partial charge in [-0.3, -0.25) is 9.69 Å². The smallest absolute Gasteiger partial charge is 0.253 e. The second kappa shape index (κ2) is 9.62. The Morgan fingerprint density at radius 3 is 2.57 bits per heavy atom. The minimum absolute atomic E-state index is 0.0907. The summed E-state index contributed by atoms with van der Waals surface area (Å²) in [5.74, 6) is 2.16. The maximum Gasteiger partial charge on any atom is 0.253 e. The van der Waals surface area contributed by atoms with Gasteiger partial charge < -0.3 is 9.72 Å². The summed E-state index contributed by atoms with van der Waals surface area (Å²) in [6.07, 6.45) is 2.17. The van der Waals surface area contributed by atoms with Crippen molar-refractivity contribution in [2.24, 2.45) is 5.92 Å². The van der Waals surface area contributed by atoms with Crippen molar-refractivity contribution in [1.29, 1.82) is 0 Å². The van der Waals surface area contributed by atoms with E-state index in [0.29, 0.717) is 23.9 Å². The SMILES string of the molecule is COc1ccc(Cn2nnnc2C(c2cc3cc(C)cc(C)c3[nH]c2=O)N2CCC(C)CC2)cc1. The summed E-state index contributed by atoms with van der Waals surface area (Å²) >= 11 is 0. The van der Waals surface area contributed by atoms with Crippen LogP contribution in [0.1, 0.15) is 53.9 Å². The molecular formula is C27H32N6O2. The Kier molecular flexibility index (Phi) is 6.38. The molecule has 2 aromatic heterocycles. The second-order valence-corrected chi connectivity index (χ2v) is 9.76. The number of likely N-dealkylation sites (tertiary alicyclic amines) is 1.